The van der Waals surface area contributed by atoms with Crippen LogP contribution < -0.4 is 5.32 Å². The van der Waals surface area contributed by atoms with Gasteiger partial charge in [0.15, 0.2) is 0 Å². The van der Waals surface area contributed by atoms with E-state index in [1.165, 1.54) is 0 Å². The number of nitro groups is 2. The number of anilines is 1. The quantitative estimate of drug-likeness (QED) is 0.225. The predicted molar refractivity (Wildman–Crippen MR) is 84.1 cm³/mol. The molecule has 1 rings (SSSR count). The largest absolute Gasteiger partial charge is 0.460 e. The van der Waals surface area contributed by atoms with E-state index in [2.05, 4.69) is 0 Å². The third kappa shape index (κ3) is 4.65. The van der Waals surface area contributed by atoms with E-state index in [0.29, 0.717) is 5.32 Å². The lowest BCUT2D eigenvalue weighted by Gasteiger charge is -2.41. The zero-order valence-corrected chi connectivity index (χ0v) is 16.3. The van der Waals surface area contributed by atoms with Crippen molar-refractivity contribution < 1.29 is 80.5 Å². The number of carbonyl (C=O) groups excluding carboxylic acids is 1. The highest BCUT2D eigenvalue weighted by molar-refractivity contribution is 5.97. The number of non-ortho nitro benzene ring substituents is 2. The van der Waals surface area contributed by atoms with Crippen molar-refractivity contribution in [3.63, 3.8) is 0 Å². The van der Waals surface area contributed by atoms with Crippen LogP contribution in [0.5, 0.6) is 0 Å². The van der Waals surface area contributed by atoms with Crippen LogP contribution in [0.4, 0.5) is 82.9 Å². The molecule has 0 saturated carbocycles. The molecule has 0 atom stereocenters. The maximum atomic E-state index is 13.8. The molecule has 8 nitrogen and oxygen atoms in total. The predicted octanol–water partition coefficient (Wildman–Crippen LogP) is 5.82. The lowest BCUT2D eigenvalue weighted by Crippen LogP contribution is -2.73. The van der Waals surface area contributed by atoms with E-state index in [9.17, 15) is 90.9 Å². The molecule has 0 aliphatic carbocycles. The molecular formula is C14H4F15N3O5. The van der Waals surface area contributed by atoms with Crippen molar-refractivity contribution in [2.45, 2.75) is 41.7 Å². The SMILES string of the molecule is O=C(Nc1cc([N+](=O)[O-])cc([N+](=O)[O-])c1)C(F)(F)C(F)(F)C(F)(F)C(F)(F)C(F)(F)C(F)(F)C(F)(F)F. The first-order valence-electron chi connectivity index (χ1n) is 8.20. The lowest BCUT2D eigenvalue weighted by atomic mass is 9.91. The van der Waals surface area contributed by atoms with Crippen molar-refractivity contribution in [3.05, 3.63) is 38.4 Å². The van der Waals surface area contributed by atoms with E-state index in [1.54, 1.807) is 0 Å². The minimum absolute atomic E-state index is 0.0833. The zero-order chi connectivity index (χ0) is 29.8. The van der Waals surface area contributed by atoms with Crippen LogP contribution in [0.1, 0.15) is 0 Å². The second kappa shape index (κ2) is 8.78. The van der Waals surface area contributed by atoms with Gasteiger partial charge in [-0.1, -0.05) is 0 Å². The summed E-state index contributed by atoms with van der Waals surface area (Å²) < 4.78 is 197. The van der Waals surface area contributed by atoms with Gasteiger partial charge in [-0.3, -0.25) is 25.0 Å². The minimum atomic E-state index is -8.63. The Morgan fingerprint density at radius 1 is 0.595 bits per heavy atom. The fourth-order valence-corrected chi connectivity index (χ4v) is 2.20. The Hall–Kier alpha value is -3.56. The molecule has 1 amide bonds. The van der Waals surface area contributed by atoms with Crippen LogP contribution in [0, 0.1) is 20.2 Å². The van der Waals surface area contributed by atoms with Crippen LogP contribution in [0.25, 0.3) is 0 Å². The van der Waals surface area contributed by atoms with Gasteiger partial charge in [0.2, 0.25) is 0 Å². The molecule has 0 bridgehead atoms. The monoisotopic (exact) mass is 579 g/mol. The molecule has 0 aliphatic heterocycles. The minimum Gasteiger partial charge on any atom is -0.320 e. The van der Waals surface area contributed by atoms with Gasteiger partial charge in [0.1, 0.15) is 0 Å². The second-order valence-electron chi connectivity index (χ2n) is 6.65. The highest BCUT2D eigenvalue weighted by Crippen LogP contribution is 2.62. The maximum Gasteiger partial charge on any atom is 0.460 e. The summed E-state index contributed by atoms with van der Waals surface area (Å²) >= 11 is 0. The van der Waals surface area contributed by atoms with Gasteiger partial charge in [0.05, 0.1) is 21.6 Å². The zero-order valence-electron chi connectivity index (χ0n) is 16.3. The lowest BCUT2D eigenvalue weighted by molar-refractivity contribution is -0.449. The van der Waals surface area contributed by atoms with Crippen LogP contribution in [0.15, 0.2) is 18.2 Å². The normalized spacial score (nSPS) is 14.4. The Balaban J connectivity index is 3.59. The number of carbonyl (C=O) groups is 1. The van der Waals surface area contributed by atoms with Gasteiger partial charge in [-0.15, -0.1) is 0 Å². The molecule has 0 radical (unpaired) electrons. The molecule has 37 heavy (non-hydrogen) atoms. The number of benzene rings is 1. The van der Waals surface area contributed by atoms with Gasteiger partial charge in [0.25, 0.3) is 11.4 Å². The third-order valence-electron chi connectivity index (χ3n) is 4.19. The summed E-state index contributed by atoms with van der Waals surface area (Å²) in [7, 11) is 0. The summed E-state index contributed by atoms with van der Waals surface area (Å²) in [6.07, 6.45) is -7.80. The average molecular weight is 579 g/mol. The van der Waals surface area contributed by atoms with Crippen LogP contribution in [-0.4, -0.2) is 57.5 Å². The summed E-state index contributed by atoms with van der Waals surface area (Å²) in [6.45, 7) is 0. The number of halogens is 15. The topological polar surface area (TPSA) is 115 Å². The summed E-state index contributed by atoms with van der Waals surface area (Å²) in [5, 5.41) is 21.8. The van der Waals surface area contributed by atoms with Gasteiger partial charge in [0, 0.05) is 12.1 Å². The molecule has 0 heterocycles. The molecule has 0 aromatic heterocycles. The van der Waals surface area contributed by atoms with E-state index in [4.69, 9.17) is 0 Å². The molecule has 1 aromatic carbocycles. The summed E-state index contributed by atoms with van der Waals surface area (Å²) in [5.74, 6) is -53.3. The molecule has 23 heteroatoms. The summed E-state index contributed by atoms with van der Waals surface area (Å²) in [6, 6.07) is -0.131. The highest BCUT2D eigenvalue weighted by atomic mass is 19.4. The van der Waals surface area contributed by atoms with Crippen molar-refractivity contribution in [2.75, 3.05) is 5.32 Å². The summed E-state index contributed by atoms with van der Waals surface area (Å²) in [4.78, 5) is 29.8. The van der Waals surface area contributed by atoms with Gasteiger partial charge in [-0.2, -0.15) is 65.9 Å². The molecule has 210 valence electrons. The van der Waals surface area contributed by atoms with Crippen molar-refractivity contribution in [1.29, 1.82) is 0 Å². The van der Waals surface area contributed by atoms with Crippen LogP contribution in [0.3, 0.4) is 0 Å². The number of nitro benzene ring substituents is 2. The van der Waals surface area contributed by atoms with E-state index in [1.807, 2.05) is 0 Å². The molecule has 1 aromatic rings. The number of hydrogen-bond donors (Lipinski definition) is 1. The number of rotatable bonds is 9. The Morgan fingerprint density at radius 2 is 0.919 bits per heavy atom. The van der Waals surface area contributed by atoms with E-state index in [-0.39, 0.29) is 18.2 Å². The smallest absolute Gasteiger partial charge is 0.320 e. The first kappa shape index (κ1) is 31.5. The molecule has 0 fully saturated rings. The van der Waals surface area contributed by atoms with Crippen molar-refractivity contribution in [2.24, 2.45) is 0 Å². The van der Waals surface area contributed by atoms with Crippen LogP contribution in [0.2, 0.25) is 0 Å². The van der Waals surface area contributed by atoms with Crippen molar-refractivity contribution in [1.82, 2.24) is 0 Å². The van der Waals surface area contributed by atoms with E-state index >= 15 is 0 Å². The number of amides is 1. The van der Waals surface area contributed by atoms with Crippen molar-refractivity contribution in [3.8, 4) is 0 Å². The second-order valence-corrected chi connectivity index (χ2v) is 6.65. The molecular weight excluding hydrogens is 575 g/mol. The fraction of sp³-hybridized carbons (Fsp3) is 0.500. The molecule has 0 saturated heterocycles. The van der Waals surface area contributed by atoms with E-state index < -0.39 is 74.5 Å². The molecule has 0 spiro atoms. The molecule has 1 N–H and O–H groups in total. The van der Waals surface area contributed by atoms with E-state index in [0.717, 1.165) is 0 Å². The molecule has 0 unspecified atom stereocenters. The molecule has 0 aliphatic rings. The Kier molecular flexibility index (Phi) is 7.47. The Bertz CT molecular complexity index is 1070. The van der Waals surface area contributed by atoms with Crippen molar-refractivity contribution >= 4 is 23.0 Å². The van der Waals surface area contributed by atoms with Gasteiger partial charge in [-0.25, -0.2) is 0 Å². The van der Waals surface area contributed by atoms with Gasteiger partial charge in [-0.05, 0) is 0 Å². The third-order valence-corrected chi connectivity index (χ3v) is 4.19. The first-order chi connectivity index (χ1) is 16.1. The first-order valence-corrected chi connectivity index (χ1v) is 8.20. The fourth-order valence-electron chi connectivity index (χ4n) is 2.20. The number of nitrogens with zero attached hydrogens (tertiary/aromatic N) is 2. The number of hydrogen-bond acceptors (Lipinski definition) is 5. The number of alkyl halides is 15. The summed E-state index contributed by atoms with van der Waals surface area (Å²) in [5.41, 5.74) is -4.51. The van der Waals surface area contributed by atoms with Crippen LogP contribution >= 0.6 is 0 Å². The average Bonchev–Trinajstić information content (AvgIpc) is 2.71. The van der Waals surface area contributed by atoms with Crippen LogP contribution in [-0.2, 0) is 4.79 Å². The van der Waals surface area contributed by atoms with Gasteiger partial charge >= 0.3 is 47.6 Å². The standard InChI is InChI=1S/C14H4F15N3O5/c15-8(16,7(33)30-4-1-5(31(34)35)3-6(2-4)32(36)37)9(17,18)10(19,20)11(21,22)12(23,24)13(25,26)14(27,28)29/h1-3H,(H,30,33). The van der Waals surface area contributed by atoms with Gasteiger partial charge < -0.3 is 5.32 Å². The highest BCUT2D eigenvalue weighted by Gasteiger charge is 2.94. The maximum absolute atomic E-state index is 13.8. The Labute approximate surface area is 190 Å². The Morgan fingerprint density at radius 3 is 1.24 bits per heavy atom. The number of nitrogens with one attached hydrogen (secondary N) is 1.